The quantitative estimate of drug-likeness (QED) is 0.781. The van der Waals surface area contributed by atoms with Gasteiger partial charge in [-0.05, 0) is 31.5 Å². The van der Waals surface area contributed by atoms with Crippen LogP contribution in [0.4, 0.5) is 0 Å². The summed E-state index contributed by atoms with van der Waals surface area (Å²) >= 11 is 1.60. The van der Waals surface area contributed by atoms with Gasteiger partial charge < -0.3 is 10.4 Å². The molecule has 1 atom stereocenters. The maximum absolute atomic E-state index is 9.51. The minimum Gasteiger partial charge on any atom is -0.388 e. The molecule has 2 N–H and O–H groups in total. The lowest BCUT2D eigenvalue weighted by molar-refractivity contribution is 0.171. The van der Waals surface area contributed by atoms with Crippen molar-refractivity contribution in [2.24, 2.45) is 0 Å². The molecule has 4 heteroatoms. The number of rotatable bonds is 4. The van der Waals surface area contributed by atoms with Gasteiger partial charge in [-0.15, -0.1) is 11.3 Å². The average molecular weight is 205 g/mol. The van der Waals surface area contributed by atoms with Gasteiger partial charge >= 0.3 is 0 Å². The van der Waals surface area contributed by atoms with Crippen LogP contribution >= 0.6 is 24.8 Å². The summed E-state index contributed by atoms with van der Waals surface area (Å²) in [6.45, 7) is 0.860. The Morgan fingerprint density at radius 3 is 2.92 bits per heavy atom. The molecule has 0 saturated carbocycles. The smallest absolute Gasteiger partial charge is 0.0894 e. The maximum Gasteiger partial charge on any atom is 0.0894 e. The molecule has 2 nitrogen and oxygen atoms in total. The van der Waals surface area contributed by atoms with E-state index >= 15 is 0 Å². The second-order valence-corrected chi connectivity index (χ2v) is 3.40. The first-order chi connectivity index (χ1) is 5.34. The van der Waals surface area contributed by atoms with Crippen LogP contribution in [0.5, 0.6) is 0 Å². The van der Waals surface area contributed by atoms with Crippen LogP contribution in [0.15, 0.2) is 17.5 Å². The summed E-state index contributed by atoms with van der Waals surface area (Å²) in [5, 5.41) is 14.5. The number of thiophene rings is 1. The minimum atomic E-state index is -0.289. The summed E-state index contributed by atoms with van der Waals surface area (Å²) < 4.78 is 0. The zero-order valence-electron chi connectivity index (χ0n) is 7.08. The Morgan fingerprint density at radius 2 is 2.42 bits per heavy atom. The van der Waals surface area contributed by atoms with Crippen molar-refractivity contribution >= 4 is 24.8 Å². The number of hydrogen-bond donors (Lipinski definition) is 2. The topological polar surface area (TPSA) is 32.3 Å². The van der Waals surface area contributed by atoms with Crippen LogP contribution in [-0.2, 0) is 0 Å². The molecule has 0 amide bonds. The molecule has 0 radical (unpaired) electrons. The van der Waals surface area contributed by atoms with E-state index in [1.165, 1.54) is 0 Å². The number of aliphatic hydroxyl groups is 1. The van der Waals surface area contributed by atoms with E-state index in [1.807, 2.05) is 24.6 Å². The van der Waals surface area contributed by atoms with Gasteiger partial charge in [-0.1, -0.05) is 6.07 Å². The lowest BCUT2D eigenvalue weighted by Crippen LogP contribution is -2.11. The van der Waals surface area contributed by atoms with Crippen molar-refractivity contribution in [2.45, 2.75) is 12.5 Å². The molecular weight excluding hydrogens is 190 g/mol. The van der Waals surface area contributed by atoms with Crippen molar-refractivity contribution in [1.82, 2.24) is 5.32 Å². The Hall–Kier alpha value is -0.0300. The SMILES string of the molecule is CNCC[C@H](O)c1cccs1.S. The molecule has 0 aliphatic heterocycles. The molecule has 0 saturated heterocycles. The fraction of sp³-hybridized carbons (Fsp3) is 0.500. The summed E-state index contributed by atoms with van der Waals surface area (Å²) in [5.74, 6) is 0. The lowest BCUT2D eigenvalue weighted by Gasteiger charge is -2.06. The molecule has 12 heavy (non-hydrogen) atoms. The maximum atomic E-state index is 9.51. The Morgan fingerprint density at radius 1 is 1.67 bits per heavy atom. The fourth-order valence-corrected chi connectivity index (χ4v) is 1.65. The van der Waals surface area contributed by atoms with E-state index < -0.39 is 0 Å². The van der Waals surface area contributed by atoms with E-state index in [2.05, 4.69) is 5.32 Å². The summed E-state index contributed by atoms with van der Waals surface area (Å²) in [6, 6.07) is 3.92. The molecule has 1 aromatic rings. The largest absolute Gasteiger partial charge is 0.388 e. The van der Waals surface area contributed by atoms with E-state index in [0.29, 0.717) is 0 Å². The van der Waals surface area contributed by atoms with E-state index in [0.717, 1.165) is 17.8 Å². The summed E-state index contributed by atoms with van der Waals surface area (Å²) in [7, 11) is 1.89. The summed E-state index contributed by atoms with van der Waals surface area (Å²) in [5.41, 5.74) is 0. The van der Waals surface area contributed by atoms with Crippen molar-refractivity contribution in [1.29, 1.82) is 0 Å². The van der Waals surface area contributed by atoms with Gasteiger partial charge in [0.05, 0.1) is 6.10 Å². The first-order valence-corrected chi connectivity index (χ1v) is 4.58. The van der Waals surface area contributed by atoms with Gasteiger partial charge in [0.15, 0.2) is 0 Å². The van der Waals surface area contributed by atoms with Crippen molar-refractivity contribution < 1.29 is 5.11 Å². The highest BCUT2D eigenvalue weighted by Gasteiger charge is 2.06. The Balaban J connectivity index is 0.00000121. The third kappa shape index (κ3) is 3.58. The molecule has 0 fully saturated rings. The van der Waals surface area contributed by atoms with Crippen LogP contribution in [0, 0.1) is 0 Å². The van der Waals surface area contributed by atoms with Crippen LogP contribution < -0.4 is 5.32 Å². The second-order valence-electron chi connectivity index (χ2n) is 2.42. The van der Waals surface area contributed by atoms with E-state index in [1.54, 1.807) is 11.3 Å². The number of hydrogen-bond acceptors (Lipinski definition) is 3. The molecule has 0 bridgehead atoms. The summed E-state index contributed by atoms with van der Waals surface area (Å²) in [6.07, 6.45) is 0.499. The van der Waals surface area contributed by atoms with E-state index in [9.17, 15) is 5.11 Å². The van der Waals surface area contributed by atoms with Crippen LogP contribution in [0.2, 0.25) is 0 Å². The van der Waals surface area contributed by atoms with Gasteiger partial charge in [-0.25, -0.2) is 0 Å². The molecule has 0 aromatic carbocycles. The Labute approximate surface area is 84.1 Å². The molecule has 0 aliphatic rings. The van der Waals surface area contributed by atoms with Crippen molar-refractivity contribution in [2.75, 3.05) is 13.6 Å². The molecule has 0 spiro atoms. The molecular formula is C8H15NOS2. The van der Waals surface area contributed by atoms with Crippen LogP contribution in [-0.4, -0.2) is 18.7 Å². The normalized spacial score (nSPS) is 12.2. The average Bonchev–Trinajstić information content (AvgIpc) is 2.52. The molecule has 1 aromatic heterocycles. The minimum absolute atomic E-state index is 0. The van der Waals surface area contributed by atoms with Gasteiger partial charge in [-0.2, -0.15) is 13.5 Å². The molecule has 70 valence electrons. The highest BCUT2D eigenvalue weighted by Crippen LogP contribution is 2.20. The van der Waals surface area contributed by atoms with Gasteiger partial charge in [0, 0.05) is 4.88 Å². The zero-order valence-corrected chi connectivity index (χ0v) is 8.90. The van der Waals surface area contributed by atoms with Crippen LogP contribution in [0.1, 0.15) is 17.4 Å². The zero-order chi connectivity index (χ0) is 8.10. The Kier molecular flexibility index (Phi) is 6.47. The highest BCUT2D eigenvalue weighted by molar-refractivity contribution is 7.59. The monoisotopic (exact) mass is 205 g/mol. The summed E-state index contributed by atoms with van der Waals surface area (Å²) in [4.78, 5) is 1.06. The first kappa shape index (κ1) is 12.0. The molecule has 0 aliphatic carbocycles. The standard InChI is InChI=1S/C8H13NOS.H2S/c1-9-5-4-7(10)8-3-2-6-11-8;/h2-3,6-7,9-10H,4-5H2,1H3;1H2/t7-;/m0./s1. The molecule has 1 heterocycles. The third-order valence-electron chi connectivity index (χ3n) is 1.54. The first-order valence-electron chi connectivity index (χ1n) is 3.70. The van der Waals surface area contributed by atoms with Gasteiger partial charge in [0.1, 0.15) is 0 Å². The van der Waals surface area contributed by atoms with Crippen molar-refractivity contribution in [3.05, 3.63) is 22.4 Å². The predicted octanol–water partition coefficient (Wildman–Crippen LogP) is 1.50. The van der Waals surface area contributed by atoms with Crippen molar-refractivity contribution in [3.63, 3.8) is 0 Å². The number of nitrogens with one attached hydrogen (secondary N) is 1. The lowest BCUT2D eigenvalue weighted by atomic mass is 10.2. The molecule has 1 rings (SSSR count). The van der Waals surface area contributed by atoms with Crippen molar-refractivity contribution in [3.8, 4) is 0 Å². The predicted molar refractivity (Wildman–Crippen MR) is 58.2 cm³/mol. The second kappa shape index (κ2) is 6.48. The number of aliphatic hydroxyl groups excluding tert-OH is 1. The van der Waals surface area contributed by atoms with Crippen LogP contribution in [0.25, 0.3) is 0 Å². The van der Waals surface area contributed by atoms with Gasteiger partial charge in [-0.3, -0.25) is 0 Å². The third-order valence-corrected chi connectivity index (χ3v) is 2.51. The van der Waals surface area contributed by atoms with Gasteiger partial charge in [0.2, 0.25) is 0 Å². The van der Waals surface area contributed by atoms with Crippen LogP contribution in [0.3, 0.4) is 0 Å². The highest BCUT2D eigenvalue weighted by atomic mass is 32.1. The van der Waals surface area contributed by atoms with E-state index in [4.69, 9.17) is 0 Å². The molecule has 0 unspecified atom stereocenters. The fourth-order valence-electron chi connectivity index (χ4n) is 0.904. The van der Waals surface area contributed by atoms with E-state index in [-0.39, 0.29) is 19.6 Å². The Bertz CT molecular complexity index is 189. The van der Waals surface area contributed by atoms with Gasteiger partial charge in [0.25, 0.3) is 0 Å².